The van der Waals surface area contributed by atoms with E-state index in [1.165, 1.54) is 11.1 Å². The van der Waals surface area contributed by atoms with Gasteiger partial charge >= 0.3 is 0 Å². The van der Waals surface area contributed by atoms with Crippen molar-refractivity contribution in [3.63, 3.8) is 0 Å². The van der Waals surface area contributed by atoms with E-state index in [9.17, 15) is 0 Å². The van der Waals surface area contributed by atoms with Crippen LogP contribution in [0.5, 0.6) is 0 Å². The molecule has 0 amide bonds. The maximum atomic E-state index is 9.03. The van der Waals surface area contributed by atoms with Crippen molar-refractivity contribution in [2.45, 2.75) is 38.0 Å². The summed E-state index contributed by atoms with van der Waals surface area (Å²) in [6.45, 7) is 4.08. The molecule has 0 aliphatic carbocycles. The van der Waals surface area contributed by atoms with Gasteiger partial charge in [-0.1, -0.05) is 29.8 Å². The molecule has 0 bridgehead atoms. The van der Waals surface area contributed by atoms with Crippen molar-refractivity contribution < 1.29 is 0 Å². The maximum absolute atomic E-state index is 9.03. The van der Waals surface area contributed by atoms with Crippen LogP contribution >= 0.6 is 11.8 Å². The van der Waals surface area contributed by atoms with Crippen molar-refractivity contribution >= 4 is 11.8 Å². The Balaban J connectivity index is 2.22. The van der Waals surface area contributed by atoms with Crippen molar-refractivity contribution in [2.24, 2.45) is 0 Å². The first-order valence-electron chi connectivity index (χ1n) is 6.33. The highest BCUT2D eigenvalue weighted by Crippen LogP contribution is 2.17. The Morgan fingerprint density at radius 3 is 2.83 bits per heavy atom. The molecule has 98 valence electrons. The molecule has 0 radical (unpaired) electrons. The van der Waals surface area contributed by atoms with Gasteiger partial charge in [0.1, 0.15) is 5.54 Å². The first kappa shape index (κ1) is 15.1. The zero-order chi connectivity index (χ0) is 13.4. The second kappa shape index (κ2) is 7.45. The summed E-state index contributed by atoms with van der Waals surface area (Å²) in [6, 6.07) is 11.0. The van der Waals surface area contributed by atoms with Gasteiger partial charge in [0, 0.05) is 5.75 Å². The fraction of sp³-hybridized carbons (Fsp3) is 0.533. The van der Waals surface area contributed by atoms with Crippen LogP contribution in [0.15, 0.2) is 24.3 Å². The summed E-state index contributed by atoms with van der Waals surface area (Å²) in [5.41, 5.74) is 2.33. The third kappa shape index (κ3) is 5.12. The van der Waals surface area contributed by atoms with E-state index in [1.54, 1.807) is 0 Å². The molecule has 0 aromatic heterocycles. The van der Waals surface area contributed by atoms with E-state index < -0.39 is 0 Å². The van der Waals surface area contributed by atoms with Crippen molar-refractivity contribution in [3.05, 3.63) is 35.4 Å². The number of hydrogen-bond donors (Lipinski definition) is 1. The molecule has 1 atom stereocenters. The molecule has 0 spiro atoms. The second-order valence-corrected chi connectivity index (χ2v) is 5.94. The second-order valence-electron chi connectivity index (χ2n) is 4.84. The number of benzene rings is 1. The lowest BCUT2D eigenvalue weighted by Crippen LogP contribution is -2.37. The van der Waals surface area contributed by atoms with Gasteiger partial charge < -0.3 is 5.32 Å². The third-order valence-electron chi connectivity index (χ3n) is 3.12. The number of hydrogen-bond acceptors (Lipinski definition) is 3. The van der Waals surface area contributed by atoms with Gasteiger partial charge in [0.2, 0.25) is 0 Å². The van der Waals surface area contributed by atoms with Gasteiger partial charge in [-0.05, 0) is 45.1 Å². The largest absolute Gasteiger partial charge is 0.303 e. The van der Waals surface area contributed by atoms with Crippen molar-refractivity contribution in [3.8, 4) is 6.07 Å². The van der Waals surface area contributed by atoms with Crippen molar-refractivity contribution in [2.75, 3.05) is 12.8 Å². The number of thioether (sulfide) groups is 1. The molecule has 0 fully saturated rings. The van der Waals surface area contributed by atoms with Crippen LogP contribution in [0.25, 0.3) is 0 Å². The molecule has 0 saturated heterocycles. The van der Waals surface area contributed by atoms with E-state index in [0.29, 0.717) is 0 Å². The van der Waals surface area contributed by atoms with Gasteiger partial charge in [0.25, 0.3) is 0 Å². The number of nitrogens with zero attached hydrogens (tertiary/aromatic N) is 1. The number of nitrogens with one attached hydrogen (secondary N) is 1. The SMILES string of the molecule is CNC(C)(C#N)CCCSCc1cccc(C)c1. The van der Waals surface area contributed by atoms with Crippen LogP contribution in [0.3, 0.4) is 0 Å². The van der Waals surface area contributed by atoms with E-state index in [2.05, 4.69) is 42.6 Å². The average molecular weight is 262 g/mol. The smallest absolute Gasteiger partial charge is 0.103 e. The monoisotopic (exact) mass is 262 g/mol. The first-order chi connectivity index (χ1) is 8.59. The third-order valence-corrected chi connectivity index (χ3v) is 4.23. The Hall–Kier alpha value is -0.980. The molecular weight excluding hydrogens is 240 g/mol. The van der Waals surface area contributed by atoms with E-state index in [4.69, 9.17) is 5.26 Å². The van der Waals surface area contributed by atoms with Crippen LogP contribution in [0.2, 0.25) is 0 Å². The highest BCUT2D eigenvalue weighted by atomic mass is 32.2. The lowest BCUT2D eigenvalue weighted by Gasteiger charge is -2.20. The summed E-state index contributed by atoms with van der Waals surface area (Å²) in [5, 5.41) is 12.1. The normalized spacial score (nSPS) is 13.9. The summed E-state index contributed by atoms with van der Waals surface area (Å²) >= 11 is 1.94. The van der Waals surface area contributed by atoms with Gasteiger partial charge in [0.15, 0.2) is 0 Å². The standard InChI is InChI=1S/C15H22N2S/c1-13-6-4-7-14(10-13)11-18-9-5-8-15(2,12-16)17-3/h4,6-7,10,17H,5,8-9,11H2,1-3H3. The van der Waals surface area contributed by atoms with Crippen LogP contribution in [0, 0.1) is 18.3 Å². The molecule has 2 nitrogen and oxygen atoms in total. The Bertz CT molecular complexity index is 411. The van der Waals surface area contributed by atoms with Gasteiger partial charge in [0.05, 0.1) is 6.07 Å². The van der Waals surface area contributed by atoms with Crippen molar-refractivity contribution in [1.29, 1.82) is 5.26 Å². The highest BCUT2D eigenvalue weighted by molar-refractivity contribution is 7.98. The Morgan fingerprint density at radius 2 is 2.22 bits per heavy atom. The quantitative estimate of drug-likeness (QED) is 0.764. The lowest BCUT2D eigenvalue weighted by molar-refractivity contribution is 0.451. The fourth-order valence-corrected chi connectivity index (χ4v) is 2.66. The fourth-order valence-electron chi connectivity index (χ4n) is 1.76. The van der Waals surface area contributed by atoms with E-state index in [0.717, 1.165) is 24.3 Å². The zero-order valence-corrected chi connectivity index (χ0v) is 12.3. The van der Waals surface area contributed by atoms with Gasteiger partial charge in [-0.2, -0.15) is 17.0 Å². The molecule has 0 heterocycles. The molecule has 0 aliphatic heterocycles. The molecular formula is C15H22N2S. The predicted molar refractivity (Wildman–Crippen MR) is 79.7 cm³/mol. The van der Waals surface area contributed by atoms with Gasteiger partial charge in [-0.25, -0.2) is 0 Å². The van der Waals surface area contributed by atoms with Crippen LogP contribution < -0.4 is 5.32 Å². The maximum Gasteiger partial charge on any atom is 0.103 e. The molecule has 1 N–H and O–H groups in total. The van der Waals surface area contributed by atoms with Crippen LogP contribution in [-0.4, -0.2) is 18.3 Å². The minimum atomic E-state index is -0.371. The van der Waals surface area contributed by atoms with Crippen LogP contribution in [0.4, 0.5) is 0 Å². The van der Waals surface area contributed by atoms with Crippen LogP contribution in [-0.2, 0) is 5.75 Å². The minimum Gasteiger partial charge on any atom is -0.303 e. The van der Waals surface area contributed by atoms with E-state index >= 15 is 0 Å². The molecule has 1 aromatic rings. The summed E-state index contributed by atoms with van der Waals surface area (Å²) < 4.78 is 0. The Morgan fingerprint density at radius 1 is 1.44 bits per heavy atom. The summed E-state index contributed by atoms with van der Waals surface area (Å²) in [6.07, 6.45) is 1.97. The van der Waals surface area contributed by atoms with Gasteiger partial charge in [-0.15, -0.1) is 0 Å². The summed E-state index contributed by atoms with van der Waals surface area (Å²) in [5.74, 6) is 2.16. The van der Waals surface area contributed by atoms with E-state index in [1.807, 2.05) is 25.7 Å². The van der Waals surface area contributed by atoms with Crippen LogP contribution in [0.1, 0.15) is 30.9 Å². The number of rotatable bonds is 7. The Labute approximate surface area is 115 Å². The average Bonchev–Trinajstić information content (AvgIpc) is 2.38. The number of aryl methyl sites for hydroxylation is 1. The zero-order valence-electron chi connectivity index (χ0n) is 11.5. The highest BCUT2D eigenvalue weighted by Gasteiger charge is 2.19. The summed E-state index contributed by atoms with van der Waals surface area (Å²) in [4.78, 5) is 0. The molecule has 0 aliphatic rings. The lowest BCUT2D eigenvalue weighted by atomic mass is 9.99. The number of nitriles is 1. The van der Waals surface area contributed by atoms with E-state index in [-0.39, 0.29) is 5.54 Å². The Kier molecular flexibility index (Phi) is 6.24. The molecule has 3 heteroatoms. The van der Waals surface area contributed by atoms with Crippen molar-refractivity contribution in [1.82, 2.24) is 5.32 Å². The molecule has 0 saturated carbocycles. The molecule has 18 heavy (non-hydrogen) atoms. The predicted octanol–water partition coefficient (Wildman–Crippen LogP) is 3.51. The molecule has 1 unspecified atom stereocenters. The first-order valence-corrected chi connectivity index (χ1v) is 7.48. The summed E-state index contributed by atoms with van der Waals surface area (Å²) in [7, 11) is 1.85. The topological polar surface area (TPSA) is 35.8 Å². The minimum absolute atomic E-state index is 0.371. The molecule has 1 rings (SSSR count). The molecule has 1 aromatic carbocycles. The van der Waals surface area contributed by atoms with Gasteiger partial charge in [-0.3, -0.25) is 0 Å².